The molecule has 0 saturated carbocycles. The smallest absolute Gasteiger partial charge is 0.317 e. The molecule has 0 aromatic carbocycles. The van der Waals surface area contributed by atoms with Gasteiger partial charge in [0, 0.05) is 19.6 Å². The minimum absolute atomic E-state index is 0.151. The molecule has 0 bridgehead atoms. The number of carboxylic acid groups (broad SMARTS) is 1. The number of aliphatic carboxylic acids is 1. The van der Waals surface area contributed by atoms with E-state index in [2.05, 4.69) is 5.32 Å². The van der Waals surface area contributed by atoms with E-state index in [1.165, 1.54) is 0 Å². The van der Waals surface area contributed by atoms with Crippen LogP contribution in [-0.4, -0.2) is 41.6 Å². The number of rotatable bonds is 4. The number of carbonyl (C=O) groups is 2. The molecular weight excluding hydrogens is 208 g/mol. The SMILES string of the molecule is CCCC1(C(=O)O)CCN(C(=O)NCC)C1. The molecule has 0 aromatic rings. The number of likely N-dealkylation sites (tertiary alicyclic amines) is 1. The Bertz CT molecular complexity index is 280. The highest BCUT2D eigenvalue weighted by molar-refractivity contribution is 5.79. The lowest BCUT2D eigenvalue weighted by molar-refractivity contribution is -0.148. The van der Waals surface area contributed by atoms with Crippen LogP contribution < -0.4 is 5.32 Å². The zero-order valence-electron chi connectivity index (χ0n) is 9.95. The minimum Gasteiger partial charge on any atom is -0.481 e. The van der Waals surface area contributed by atoms with Gasteiger partial charge in [0.1, 0.15) is 0 Å². The van der Waals surface area contributed by atoms with Gasteiger partial charge in [0.15, 0.2) is 0 Å². The summed E-state index contributed by atoms with van der Waals surface area (Å²) >= 11 is 0. The van der Waals surface area contributed by atoms with Gasteiger partial charge in [-0.15, -0.1) is 0 Å². The zero-order chi connectivity index (χ0) is 12.2. The van der Waals surface area contributed by atoms with Crippen LogP contribution in [0.25, 0.3) is 0 Å². The van der Waals surface area contributed by atoms with Crippen molar-refractivity contribution in [1.82, 2.24) is 10.2 Å². The van der Waals surface area contributed by atoms with Gasteiger partial charge in [-0.1, -0.05) is 13.3 Å². The third-order valence-corrected chi connectivity index (χ3v) is 3.15. The predicted molar refractivity (Wildman–Crippen MR) is 60.2 cm³/mol. The van der Waals surface area contributed by atoms with Gasteiger partial charge in [-0.25, -0.2) is 4.79 Å². The molecule has 0 aromatic heterocycles. The Morgan fingerprint density at radius 3 is 2.62 bits per heavy atom. The number of amides is 2. The Balaban J connectivity index is 2.66. The molecule has 2 amide bonds. The standard InChI is InChI=1S/C11H20N2O3/c1-3-5-11(9(14)15)6-7-13(8-11)10(16)12-4-2/h3-8H2,1-2H3,(H,12,16)(H,14,15). The summed E-state index contributed by atoms with van der Waals surface area (Å²) in [7, 11) is 0. The van der Waals surface area contributed by atoms with Crippen molar-refractivity contribution < 1.29 is 14.7 Å². The van der Waals surface area contributed by atoms with E-state index in [1.54, 1.807) is 4.90 Å². The summed E-state index contributed by atoms with van der Waals surface area (Å²) in [5.41, 5.74) is -0.722. The molecule has 2 N–H and O–H groups in total. The van der Waals surface area contributed by atoms with Gasteiger partial charge < -0.3 is 15.3 Å². The molecule has 5 nitrogen and oxygen atoms in total. The number of hydrogen-bond acceptors (Lipinski definition) is 2. The number of nitrogens with zero attached hydrogens (tertiary/aromatic N) is 1. The lowest BCUT2D eigenvalue weighted by Gasteiger charge is -2.24. The van der Waals surface area contributed by atoms with Gasteiger partial charge in [0.25, 0.3) is 0 Å². The van der Waals surface area contributed by atoms with Crippen LogP contribution >= 0.6 is 0 Å². The second kappa shape index (κ2) is 5.18. The fourth-order valence-electron chi connectivity index (χ4n) is 2.27. The molecule has 1 fully saturated rings. The number of nitrogens with one attached hydrogen (secondary N) is 1. The average Bonchev–Trinajstić information content (AvgIpc) is 2.64. The van der Waals surface area contributed by atoms with Crippen molar-refractivity contribution in [2.45, 2.75) is 33.1 Å². The van der Waals surface area contributed by atoms with Crippen molar-refractivity contribution in [3.63, 3.8) is 0 Å². The maximum absolute atomic E-state index is 11.6. The Labute approximate surface area is 95.8 Å². The Morgan fingerprint density at radius 2 is 2.12 bits per heavy atom. The van der Waals surface area contributed by atoms with Crippen molar-refractivity contribution in [2.75, 3.05) is 19.6 Å². The topological polar surface area (TPSA) is 69.6 Å². The Hall–Kier alpha value is -1.26. The molecule has 5 heteroatoms. The quantitative estimate of drug-likeness (QED) is 0.761. The van der Waals surface area contributed by atoms with E-state index >= 15 is 0 Å². The lowest BCUT2D eigenvalue weighted by atomic mass is 9.83. The molecule has 1 aliphatic rings. The molecule has 0 aliphatic carbocycles. The molecular formula is C11H20N2O3. The van der Waals surface area contributed by atoms with E-state index < -0.39 is 11.4 Å². The summed E-state index contributed by atoms with van der Waals surface area (Å²) in [5, 5.41) is 12.0. The lowest BCUT2D eigenvalue weighted by Crippen LogP contribution is -2.41. The normalized spacial score (nSPS) is 24.5. The predicted octanol–water partition coefficient (Wildman–Crippen LogP) is 1.29. The summed E-state index contributed by atoms with van der Waals surface area (Å²) in [6.45, 7) is 5.27. The second-order valence-corrected chi connectivity index (χ2v) is 4.34. The highest BCUT2D eigenvalue weighted by atomic mass is 16.4. The molecule has 0 spiro atoms. The molecule has 1 saturated heterocycles. The second-order valence-electron chi connectivity index (χ2n) is 4.34. The van der Waals surface area contributed by atoms with Crippen molar-refractivity contribution in [3.05, 3.63) is 0 Å². The van der Waals surface area contributed by atoms with Crippen LogP contribution in [0.2, 0.25) is 0 Å². The third kappa shape index (κ3) is 2.46. The third-order valence-electron chi connectivity index (χ3n) is 3.15. The van der Waals surface area contributed by atoms with Crippen molar-refractivity contribution in [2.24, 2.45) is 5.41 Å². The Morgan fingerprint density at radius 1 is 1.44 bits per heavy atom. The summed E-state index contributed by atoms with van der Waals surface area (Å²) in [4.78, 5) is 24.5. The van der Waals surface area contributed by atoms with Crippen LogP contribution in [0.15, 0.2) is 0 Å². The first-order valence-electron chi connectivity index (χ1n) is 5.82. The van der Waals surface area contributed by atoms with Crippen molar-refractivity contribution in [3.8, 4) is 0 Å². The van der Waals surface area contributed by atoms with E-state index in [0.717, 1.165) is 6.42 Å². The van der Waals surface area contributed by atoms with Gasteiger partial charge in [-0.3, -0.25) is 4.79 Å². The van der Waals surface area contributed by atoms with Gasteiger partial charge in [-0.05, 0) is 19.8 Å². The van der Waals surface area contributed by atoms with Crippen LogP contribution in [0, 0.1) is 5.41 Å². The number of hydrogen-bond donors (Lipinski definition) is 2. The molecule has 16 heavy (non-hydrogen) atoms. The first-order valence-corrected chi connectivity index (χ1v) is 5.82. The zero-order valence-corrected chi connectivity index (χ0v) is 9.95. The van der Waals surface area contributed by atoms with E-state index in [1.807, 2.05) is 13.8 Å². The van der Waals surface area contributed by atoms with Crippen LogP contribution in [0.4, 0.5) is 4.79 Å². The van der Waals surface area contributed by atoms with Gasteiger partial charge in [-0.2, -0.15) is 0 Å². The highest BCUT2D eigenvalue weighted by Crippen LogP contribution is 2.35. The fourth-order valence-corrected chi connectivity index (χ4v) is 2.27. The molecule has 1 aliphatic heterocycles. The average molecular weight is 228 g/mol. The minimum atomic E-state index is -0.777. The van der Waals surface area contributed by atoms with Crippen LogP contribution in [0.5, 0.6) is 0 Å². The van der Waals surface area contributed by atoms with Crippen LogP contribution in [0.3, 0.4) is 0 Å². The molecule has 0 radical (unpaired) electrons. The van der Waals surface area contributed by atoms with Crippen LogP contribution in [-0.2, 0) is 4.79 Å². The van der Waals surface area contributed by atoms with Crippen molar-refractivity contribution >= 4 is 12.0 Å². The number of carboxylic acids is 1. The largest absolute Gasteiger partial charge is 0.481 e. The van der Waals surface area contributed by atoms with Gasteiger partial charge in [0.2, 0.25) is 0 Å². The summed E-state index contributed by atoms with van der Waals surface area (Å²) < 4.78 is 0. The maximum Gasteiger partial charge on any atom is 0.317 e. The van der Waals surface area contributed by atoms with Gasteiger partial charge in [0.05, 0.1) is 5.41 Å². The van der Waals surface area contributed by atoms with E-state index in [4.69, 9.17) is 0 Å². The molecule has 1 rings (SSSR count). The first-order chi connectivity index (χ1) is 7.55. The van der Waals surface area contributed by atoms with E-state index in [0.29, 0.717) is 32.5 Å². The summed E-state index contributed by atoms with van der Waals surface area (Å²) in [6, 6.07) is -0.151. The van der Waals surface area contributed by atoms with E-state index in [-0.39, 0.29) is 6.03 Å². The van der Waals surface area contributed by atoms with Crippen molar-refractivity contribution in [1.29, 1.82) is 0 Å². The molecule has 92 valence electrons. The monoisotopic (exact) mass is 228 g/mol. The van der Waals surface area contributed by atoms with Gasteiger partial charge >= 0.3 is 12.0 Å². The highest BCUT2D eigenvalue weighted by Gasteiger charge is 2.45. The van der Waals surface area contributed by atoms with Crippen LogP contribution in [0.1, 0.15) is 33.1 Å². The molecule has 1 unspecified atom stereocenters. The fraction of sp³-hybridized carbons (Fsp3) is 0.818. The van der Waals surface area contributed by atoms with E-state index in [9.17, 15) is 14.7 Å². The first kappa shape index (κ1) is 12.8. The molecule has 1 heterocycles. The molecule has 1 atom stereocenters. The summed E-state index contributed by atoms with van der Waals surface area (Å²) in [6.07, 6.45) is 2.03. The maximum atomic E-state index is 11.6. The summed E-state index contributed by atoms with van der Waals surface area (Å²) in [5.74, 6) is -0.777. The number of urea groups is 1. The number of carbonyl (C=O) groups excluding carboxylic acids is 1. The Kier molecular flexibility index (Phi) is 4.15.